The third kappa shape index (κ3) is 8.68. The number of hydrogen-bond acceptors (Lipinski definition) is 10. The normalized spacial score (nSPS) is 15.3. The van der Waals surface area contributed by atoms with Crippen molar-refractivity contribution in [2.45, 2.75) is 12.5 Å². The minimum atomic E-state index is -2.10. The molecule has 1 aliphatic rings. The van der Waals surface area contributed by atoms with Gasteiger partial charge in [0.1, 0.15) is 0 Å². The molecule has 0 bridgehead atoms. The lowest BCUT2D eigenvalue weighted by molar-refractivity contribution is -0.275. The molecule has 0 unspecified atom stereocenters. The molecular weight excluding hydrogens is 414 g/mol. The van der Waals surface area contributed by atoms with Crippen LogP contribution in [0.25, 0.3) is 0 Å². The minimum absolute atomic E-state index is 0.113. The van der Waals surface area contributed by atoms with E-state index in [4.69, 9.17) is 14.2 Å². The largest absolute Gasteiger partial charge is 0.377 e. The summed E-state index contributed by atoms with van der Waals surface area (Å²) in [4.78, 5) is 12.5. The maximum Gasteiger partial charge on any atom is 0.274 e. The summed E-state index contributed by atoms with van der Waals surface area (Å²) in [5.41, 5.74) is 0.113. The van der Waals surface area contributed by atoms with E-state index in [2.05, 4.69) is 22.2 Å². The number of carbonyl (C=O) groups is 1. The quantitative estimate of drug-likeness (QED) is 0.171. The van der Waals surface area contributed by atoms with Crippen LogP contribution in [-0.2, 0) is 31.5 Å². The Morgan fingerprint density at radius 2 is 1.80 bits per heavy atom. The van der Waals surface area contributed by atoms with Crippen LogP contribution in [0.1, 0.15) is 5.69 Å². The molecule has 0 aromatic carbocycles. The second kappa shape index (κ2) is 13.7. The first-order chi connectivity index (χ1) is 14.5. The van der Waals surface area contributed by atoms with Crippen molar-refractivity contribution in [1.82, 2.24) is 25.2 Å². The smallest absolute Gasteiger partial charge is 0.274 e. The number of thioether (sulfide) groups is 1. The molecule has 1 saturated heterocycles. The van der Waals surface area contributed by atoms with Gasteiger partial charge in [0, 0.05) is 31.1 Å². The van der Waals surface area contributed by atoms with Gasteiger partial charge in [0.25, 0.3) is 5.91 Å². The van der Waals surface area contributed by atoms with Gasteiger partial charge in [0.15, 0.2) is 5.69 Å². The van der Waals surface area contributed by atoms with Crippen LogP contribution in [-0.4, -0.2) is 107 Å². The summed E-state index contributed by atoms with van der Waals surface area (Å²) < 4.78 is 17.7. The Kier molecular flexibility index (Phi) is 11.3. The highest BCUT2D eigenvalue weighted by atomic mass is 32.2. The minimum Gasteiger partial charge on any atom is -0.377 e. The van der Waals surface area contributed by atoms with E-state index >= 15 is 0 Å². The third-order valence-electron chi connectivity index (χ3n) is 4.27. The van der Waals surface area contributed by atoms with Gasteiger partial charge in [0.2, 0.25) is 5.91 Å². The molecule has 2 rings (SSSR count). The Bertz CT molecular complexity index is 638. The van der Waals surface area contributed by atoms with Crippen molar-refractivity contribution in [3.63, 3.8) is 0 Å². The van der Waals surface area contributed by atoms with Crippen LogP contribution in [0.2, 0.25) is 0 Å². The number of rotatable bonds is 15. The third-order valence-corrected chi connectivity index (χ3v) is 5.22. The molecular formula is C18H31N5O6S. The van der Waals surface area contributed by atoms with E-state index in [9.17, 15) is 15.0 Å². The van der Waals surface area contributed by atoms with E-state index in [0.717, 1.165) is 11.5 Å². The molecule has 12 heteroatoms. The van der Waals surface area contributed by atoms with Gasteiger partial charge >= 0.3 is 0 Å². The lowest BCUT2D eigenvalue weighted by atomic mass is 10.3. The predicted octanol–water partition coefficient (Wildman–Crippen LogP) is -1.23. The van der Waals surface area contributed by atoms with Crippen LogP contribution in [0.3, 0.4) is 0 Å². The fourth-order valence-corrected chi connectivity index (χ4v) is 3.52. The molecule has 0 atom stereocenters. The second-order valence-corrected chi connectivity index (χ2v) is 7.66. The molecule has 1 aliphatic heterocycles. The van der Waals surface area contributed by atoms with Crippen molar-refractivity contribution in [2.75, 3.05) is 70.8 Å². The number of nitrogens with zero attached hydrogens (tertiary/aromatic N) is 4. The van der Waals surface area contributed by atoms with Crippen LogP contribution in [0.5, 0.6) is 0 Å². The first kappa shape index (κ1) is 24.7. The molecule has 0 aliphatic carbocycles. The fraction of sp³-hybridized carbons (Fsp3) is 0.722. The zero-order valence-electron chi connectivity index (χ0n) is 17.1. The average Bonchev–Trinajstić information content (AvgIpc) is 3.24. The fourth-order valence-electron chi connectivity index (χ4n) is 2.62. The van der Waals surface area contributed by atoms with Crippen molar-refractivity contribution in [3.05, 3.63) is 24.5 Å². The molecule has 1 aromatic heterocycles. The molecule has 0 saturated carbocycles. The summed E-state index contributed by atoms with van der Waals surface area (Å²) in [7, 11) is 0. The van der Waals surface area contributed by atoms with Crippen LogP contribution >= 0.6 is 11.8 Å². The van der Waals surface area contributed by atoms with Gasteiger partial charge in [0.05, 0.1) is 52.4 Å². The maximum atomic E-state index is 10.9. The summed E-state index contributed by atoms with van der Waals surface area (Å²) in [6, 6.07) is 0. The first-order valence-corrected chi connectivity index (χ1v) is 11.0. The Hall–Kier alpha value is -1.54. The summed E-state index contributed by atoms with van der Waals surface area (Å²) >= 11 is 1.79. The van der Waals surface area contributed by atoms with Gasteiger partial charge in [-0.15, -0.1) is 5.10 Å². The summed E-state index contributed by atoms with van der Waals surface area (Å²) in [6.45, 7) is 7.96. The number of amides is 1. The van der Waals surface area contributed by atoms with Crippen molar-refractivity contribution in [1.29, 1.82) is 0 Å². The standard InChI is InChI=1S/C18H31N5O6S/c1-2-17(24)19-3-7-27-9-11-29-12-10-28-8-4-23-15-16(20-21-23)18(25,26)22-5-13-30-14-6-22/h2,15,25-26H,1,3-14H2,(H,19,24). The van der Waals surface area contributed by atoms with Gasteiger partial charge in [-0.1, -0.05) is 11.8 Å². The molecule has 3 N–H and O–H groups in total. The highest BCUT2D eigenvalue weighted by Crippen LogP contribution is 2.24. The van der Waals surface area contributed by atoms with E-state index in [-0.39, 0.29) is 11.6 Å². The zero-order valence-corrected chi connectivity index (χ0v) is 17.9. The zero-order chi connectivity index (χ0) is 21.7. The number of aliphatic hydroxyl groups is 2. The monoisotopic (exact) mass is 445 g/mol. The van der Waals surface area contributed by atoms with Crippen molar-refractivity contribution < 1.29 is 29.2 Å². The predicted molar refractivity (Wildman–Crippen MR) is 111 cm³/mol. The van der Waals surface area contributed by atoms with Crippen LogP contribution in [0.4, 0.5) is 0 Å². The van der Waals surface area contributed by atoms with E-state index in [1.54, 1.807) is 16.7 Å². The molecule has 1 amide bonds. The number of aromatic nitrogens is 3. The van der Waals surface area contributed by atoms with Gasteiger partial charge in [-0.25, -0.2) is 9.58 Å². The van der Waals surface area contributed by atoms with Crippen molar-refractivity contribution in [3.8, 4) is 0 Å². The molecule has 11 nitrogen and oxygen atoms in total. The van der Waals surface area contributed by atoms with E-state index in [1.165, 1.54) is 17.0 Å². The molecule has 1 aromatic rings. The highest BCUT2D eigenvalue weighted by molar-refractivity contribution is 7.99. The van der Waals surface area contributed by atoms with Gasteiger partial charge in [-0.2, -0.15) is 11.8 Å². The average molecular weight is 446 g/mol. The summed E-state index contributed by atoms with van der Waals surface area (Å²) in [6.07, 6.45) is 2.74. The summed E-state index contributed by atoms with van der Waals surface area (Å²) in [5.74, 6) is -0.616. The van der Waals surface area contributed by atoms with Gasteiger partial charge in [-0.3, -0.25) is 4.79 Å². The molecule has 30 heavy (non-hydrogen) atoms. The van der Waals surface area contributed by atoms with Crippen LogP contribution in [0.15, 0.2) is 18.9 Å². The number of hydrogen-bond donors (Lipinski definition) is 3. The van der Waals surface area contributed by atoms with E-state index in [0.29, 0.717) is 65.8 Å². The van der Waals surface area contributed by atoms with Crippen molar-refractivity contribution >= 4 is 17.7 Å². The van der Waals surface area contributed by atoms with Crippen LogP contribution < -0.4 is 5.32 Å². The first-order valence-electron chi connectivity index (χ1n) is 9.85. The van der Waals surface area contributed by atoms with Crippen molar-refractivity contribution in [2.24, 2.45) is 0 Å². The molecule has 0 radical (unpaired) electrons. The number of nitrogens with one attached hydrogen (secondary N) is 1. The molecule has 2 heterocycles. The second-order valence-electron chi connectivity index (χ2n) is 6.43. The van der Waals surface area contributed by atoms with Gasteiger partial charge < -0.3 is 29.7 Å². The van der Waals surface area contributed by atoms with E-state index in [1.807, 2.05) is 0 Å². The Balaban J connectivity index is 1.49. The van der Waals surface area contributed by atoms with Crippen LogP contribution in [0, 0.1) is 0 Å². The van der Waals surface area contributed by atoms with Gasteiger partial charge in [-0.05, 0) is 6.08 Å². The number of carbonyl (C=O) groups excluding carboxylic acids is 1. The number of ether oxygens (including phenoxy) is 3. The molecule has 170 valence electrons. The summed E-state index contributed by atoms with van der Waals surface area (Å²) in [5, 5.41) is 31.2. The maximum absolute atomic E-state index is 10.9. The Morgan fingerprint density at radius 3 is 2.47 bits per heavy atom. The van der Waals surface area contributed by atoms with E-state index < -0.39 is 5.91 Å². The molecule has 0 spiro atoms. The Labute approximate surface area is 180 Å². The SMILES string of the molecule is C=CC(=O)NCCOCCOCCOCCn1cc(C(O)(O)N2CCSCC2)nn1. The highest BCUT2D eigenvalue weighted by Gasteiger charge is 2.37. The molecule has 1 fully saturated rings. The topological polar surface area (TPSA) is 131 Å². The lowest BCUT2D eigenvalue weighted by Crippen LogP contribution is -2.50. The Morgan fingerprint density at radius 1 is 1.17 bits per heavy atom. The lowest BCUT2D eigenvalue weighted by Gasteiger charge is -2.35.